The number of fused-ring (bicyclic) bond motifs is 4. The third kappa shape index (κ3) is 5.64. The van der Waals surface area contributed by atoms with Crippen LogP contribution < -0.4 is 5.32 Å². The third-order valence-corrected chi connectivity index (χ3v) is 9.86. The molecule has 3 aliphatic rings. The number of aryl methyl sites for hydroxylation is 2. The summed E-state index contributed by atoms with van der Waals surface area (Å²) in [7, 11) is 0. The van der Waals surface area contributed by atoms with Crippen LogP contribution in [0.2, 0.25) is 0 Å². The van der Waals surface area contributed by atoms with Gasteiger partial charge in [-0.1, -0.05) is 30.2 Å². The zero-order chi connectivity index (χ0) is 29.4. The maximum Gasteiger partial charge on any atom is 0.232 e. The van der Waals surface area contributed by atoms with E-state index in [2.05, 4.69) is 103 Å². The first-order chi connectivity index (χ1) is 20.2. The number of H-pyrrole nitrogens is 1. The summed E-state index contributed by atoms with van der Waals surface area (Å²) in [4.78, 5) is 24.2. The highest BCUT2D eigenvalue weighted by molar-refractivity contribution is 5.94. The Bertz CT molecular complexity index is 1540. The van der Waals surface area contributed by atoms with Crippen molar-refractivity contribution in [3.05, 3.63) is 88.7 Å². The standard InChI is InChI=1S/C37H46N4O/c1-24-18-25(2)20-29(19-24)35-34(26(3)22-39-17-14-27-12-15-38-16-13-27)32-21-30(8-11-33(32)40-35)37(4,5)36(42)41-23-28-6-9-31(41)10-7-28/h8,11-13,15-16,18-21,26,28,31,39-40H,6-7,9-10,14,17,22-23H2,1-5H3/t26-,28?,31?/m1/s1. The first-order valence-electron chi connectivity index (χ1n) is 15.9. The lowest BCUT2D eigenvalue weighted by atomic mass is 9.76. The molecular weight excluding hydrogens is 516 g/mol. The van der Waals surface area contributed by atoms with E-state index >= 15 is 0 Å². The van der Waals surface area contributed by atoms with Gasteiger partial charge in [0.25, 0.3) is 0 Å². The van der Waals surface area contributed by atoms with Gasteiger partial charge in [0.15, 0.2) is 0 Å². The molecule has 2 aromatic carbocycles. The van der Waals surface area contributed by atoms with Crippen molar-refractivity contribution in [2.75, 3.05) is 19.6 Å². The number of carbonyl (C=O) groups excluding carboxylic acids is 1. The molecule has 2 saturated heterocycles. The van der Waals surface area contributed by atoms with E-state index in [1.807, 2.05) is 12.4 Å². The second-order valence-electron chi connectivity index (χ2n) is 13.5. The number of piperidine rings is 2. The Kier molecular flexibility index (Phi) is 7.97. The Labute approximate surface area is 251 Å². The average molecular weight is 563 g/mol. The molecule has 2 bridgehead atoms. The van der Waals surface area contributed by atoms with E-state index in [9.17, 15) is 4.79 Å². The van der Waals surface area contributed by atoms with Gasteiger partial charge in [-0.05, 0) is 137 Å². The van der Waals surface area contributed by atoms with Gasteiger partial charge in [-0.25, -0.2) is 0 Å². The molecule has 1 aliphatic carbocycles. The van der Waals surface area contributed by atoms with Gasteiger partial charge in [-0.2, -0.15) is 0 Å². The number of aromatic amines is 1. The minimum Gasteiger partial charge on any atom is -0.354 e. The van der Waals surface area contributed by atoms with Crippen LogP contribution in [0.15, 0.2) is 60.9 Å². The van der Waals surface area contributed by atoms with Gasteiger partial charge in [-0.15, -0.1) is 0 Å². The van der Waals surface area contributed by atoms with Crippen LogP contribution in [0.4, 0.5) is 0 Å². The number of amides is 1. The topological polar surface area (TPSA) is 61.0 Å². The van der Waals surface area contributed by atoms with Crippen molar-refractivity contribution in [1.82, 2.24) is 20.2 Å². The molecule has 3 fully saturated rings. The Hall–Kier alpha value is -3.44. The molecule has 2 aromatic heterocycles. The van der Waals surface area contributed by atoms with Crippen LogP contribution in [-0.4, -0.2) is 46.5 Å². The predicted molar refractivity (Wildman–Crippen MR) is 173 cm³/mol. The highest BCUT2D eigenvalue weighted by Crippen LogP contribution is 2.41. The minimum absolute atomic E-state index is 0.277. The fourth-order valence-corrected chi connectivity index (χ4v) is 7.46. The molecule has 5 heteroatoms. The van der Waals surface area contributed by atoms with Crippen LogP contribution in [-0.2, 0) is 16.6 Å². The maximum absolute atomic E-state index is 14.1. The summed E-state index contributed by atoms with van der Waals surface area (Å²) in [5.74, 6) is 1.24. The Balaban J connectivity index is 1.33. The number of aromatic nitrogens is 2. The number of nitrogens with zero attached hydrogens (tertiary/aromatic N) is 2. The van der Waals surface area contributed by atoms with Crippen LogP contribution in [0, 0.1) is 19.8 Å². The van der Waals surface area contributed by atoms with E-state index in [4.69, 9.17) is 0 Å². The van der Waals surface area contributed by atoms with Crippen LogP contribution in [0.3, 0.4) is 0 Å². The van der Waals surface area contributed by atoms with E-state index in [0.717, 1.165) is 37.1 Å². The molecule has 0 spiro atoms. The third-order valence-electron chi connectivity index (χ3n) is 9.86. The molecular formula is C37H46N4O. The van der Waals surface area contributed by atoms with Crippen molar-refractivity contribution in [1.29, 1.82) is 0 Å². The summed E-state index contributed by atoms with van der Waals surface area (Å²) in [6, 6.07) is 18.1. The van der Waals surface area contributed by atoms with E-state index in [0.29, 0.717) is 12.0 Å². The summed E-state index contributed by atoms with van der Waals surface area (Å²) in [5.41, 5.74) is 9.23. The molecule has 1 atom stereocenters. The van der Waals surface area contributed by atoms with E-state index < -0.39 is 5.41 Å². The lowest BCUT2D eigenvalue weighted by molar-refractivity contribution is -0.144. The zero-order valence-electron chi connectivity index (χ0n) is 26.0. The number of hydrogen-bond donors (Lipinski definition) is 2. The largest absolute Gasteiger partial charge is 0.354 e. The Morgan fingerprint density at radius 3 is 2.40 bits per heavy atom. The van der Waals surface area contributed by atoms with Crippen LogP contribution in [0.1, 0.15) is 80.2 Å². The lowest BCUT2D eigenvalue weighted by Crippen LogP contribution is -2.55. The zero-order valence-corrected chi connectivity index (χ0v) is 26.0. The normalized spacial score (nSPS) is 19.4. The van der Waals surface area contributed by atoms with E-state index in [1.165, 1.54) is 64.6 Å². The first kappa shape index (κ1) is 28.7. The molecule has 0 unspecified atom stereocenters. The van der Waals surface area contributed by atoms with Gasteiger partial charge < -0.3 is 15.2 Å². The van der Waals surface area contributed by atoms with Crippen molar-refractivity contribution in [2.45, 2.75) is 84.1 Å². The van der Waals surface area contributed by atoms with Crippen molar-refractivity contribution in [3.8, 4) is 11.3 Å². The van der Waals surface area contributed by atoms with Crippen LogP contribution in [0.25, 0.3) is 22.2 Å². The Morgan fingerprint density at radius 2 is 1.74 bits per heavy atom. The first-order valence-corrected chi connectivity index (χ1v) is 15.9. The summed E-state index contributed by atoms with van der Waals surface area (Å²) < 4.78 is 0. The molecule has 7 rings (SSSR count). The summed E-state index contributed by atoms with van der Waals surface area (Å²) >= 11 is 0. The smallest absolute Gasteiger partial charge is 0.232 e. The predicted octanol–water partition coefficient (Wildman–Crippen LogP) is 7.46. The average Bonchev–Trinajstić information content (AvgIpc) is 3.38. The SMILES string of the molecule is Cc1cc(C)cc(-c2[nH]c3ccc(C(C)(C)C(=O)N4CC5CCC4CC5)cc3c2[C@H](C)CNCCc2ccncc2)c1. The molecule has 2 N–H and O–H groups in total. The van der Waals surface area contributed by atoms with Gasteiger partial charge in [0, 0.05) is 42.4 Å². The molecule has 4 heterocycles. The number of hydrogen-bond acceptors (Lipinski definition) is 3. The van der Waals surface area contributed by atoms with E-state index in [1.54, 1.807) is 0 Å². The van der Waals surface area contributed by atoms with Gasteiger partial charge >= 0.3 is 0 Å². The van der Waals surface area contributed by atoms with Gasteiger partial charge in [-0.3, -0.25) is 9.78 Å². The molecule has 5 nitrogen and oxygen atoms in total. The molecule has 1 amide bonds. The molecule has 220 valence electrons. The molecule has 1 saturated carbocycles. The fourth-order valence-electron chi connectivity index (χ4n) is 7.46. The fraction of sp³-hybridized carbons (Fsp3) is 0.459. The van der Waals surface area contributed by atoms with Crippen LogP contribution >= 0.6 is 0 Å². The van der Waals surface area contributed by atoms with Crippen molar-refractivity contribution in [2.24, 2.45) is 5.92 Å². The van der Waals surface area contributed by atoms with Crippen molar-refractivity contribution in [3.63, 3.8) is 0 Å². The number of rotatable bonds is 9. The van der Waals surface area contributed by atoms with E-state index in [-0.39, 0.29) is 11.8 Å². The number of nitrogens with one attached hydrogen (secondary N) is 2. The quantitative estimate of drug-likeness (QED) is 0.208. The molecule has 42 heavy (non-hydrogen) atoms. The van der Waals surface area contributed by atoms with Gasteiger partial charge in [0.05, 0.1) is 11.1 Å². The Morgan fingerprint density at radius 1 is 1.02 bits per heavy atom. The maximum atomic E-state index is 14.1. The van der Waals surface area contributed by atoms with Crippen molar-refractivity contribution < 1.29 is 4.79 Å². The minimum atomic E-state index is -0.577. The monoisotopic (exact) mass is 562 g/mol. The second kappa shape index (κ2) is 11.7. The van der Waals surface area contributed by atoms with Gasteiger partial charge in [0.1, 0.15) is 0 Å². The number of carbonyl (C=O) groups is 1. The second-order valence-corrected chi connectivity index (χ2v) is 13.5. The summed E-state index contributed by atoms with van der Waals surface area (Å²) in [5, 5.41) is 4.94. The summed E-state index contributed by atoms with van der Waals surface area (Å²) in [6.07, 6.45) is 9.59. The summed E-state index contributed by atoms with van der Waals surface area (Å²) in [6.45, 7) is 13.6. The number of benzene rings is 2. The highest BCUT2D eigenvalue weighted by atomic mass is 16.2. The molecule has 2 aliphatic heterocycles. The lowest BCUT2D eigenvalue weighted by Gasteiger charge is -2.47. The number of pyridine rings is 1. The van der Waals surface area contributed by atoms with Crippen molar-refractivity contribution >= 4 is 16.8 Å². The molecule has 0 radical (unpaired) electrons. The highest BCUT2D eigenvalue weighted by Gasteiger charge is 2.42. The van der Waals surface area contributed by atoms with Gasteiger partial charge in [0.2, 0.25) is 5.91 Å². The molecule has 4 aromatic rings. The van der Waals surface area contributed by atoms with Crippen LogP contribution in [0.5, 0.6) is 0 Å².